The fourth-order valence-corrected chi connectivity index (χ4v) is 8.29. The molecule has 6 nitrogen and oxygen atoms in total. The summed E-state index contributed by atoms with van der Waals surface area (Å²) in [6.07, 6.45) is -0.482. The van der Waals surface area contributed by atoms with Gasteiger partial charge in [0, 0.05) is 41.8 Å². The number of carbonyl (C=O) groups excluding carboxylic acids is 2. The molecule has 0 radical (unpaired) electrons. The van der Waals surface area contributed by atoms with E-state index in [9.17, 15) is 9.90 Å². The number of aliphatic hydroxyl groups is 1. The van der Waals surface area contributed by atoms with E-state index in [0.717, 1.165) is 22.3 Å². The molecule has 0 saturated carbocycles. The molecular formula is C39H41Cl2N3O3. The average Bonchev–Trinajstić information content (AvgIpc) is 3.47. The third-order valence-electron chi connectivity index (χ3n) is 9.67. The van der Waals surface area contributed by atoms with Crippen LogP contribution in [-0.2, 0) is 15.0 Å². The topological polar surface area (TPSA) is 72.9 Å². The van der Waals surface area contributed by atoms with Crippen molar-refractivity contribution in [3.8, 4) is 0 Å². The molecule has 1 saturated heterocycles. The van der Waals surface area contributed by atoms with Crippen LogP contribution in [0.3, 0.4) is 0 Å². The van der Waals surface area contributed by atoms with E-state index in [0.29, 0.717) is 22.2 Å². The van der Waals surface area contributed by atoms with Crippen LogP contribution in [0.2, 0.25) is 10.0 Å². The smallest absolute Gasteiger partial charge is 0.240 e. The van der Waals surface area contributed by atoms with E-state index in [-0.39, 0.29) is 17.2 Å². The number of carbonyl (C=O) groups is 2. The van der Waals surface area contributed by atoms with Crippen molar-refractivity contribution >= 4 is 40.7 Å². The number of amides is 2. The van der Waals surface area contributed by atoms with Gasteiger partial charge in [0.05, 0.1) is 18.2 Å². The van der Waals surface area contributed by atoms with Crippen molar-refractivity contribution in [3.63, 3.8) is 0 Å². The van der Waals surface area contributed by atoms with E-state index in [1.54, 1.807) is 31.1 Å². The summed E-state index contributed by atoms with van der Waals surface area (Å²) in [7, 11) is 3.49. The summed E-state index contributed by atoms with van der Waals surface area (Å²) in [6, 6.07) is 30.3. The third kappa shape index (κ3) is 5.86. The van der Waals surface area contributed by atoms with Crippen molar-refractivity contribution in [1.82, 2.24) is 9.80 Å². The lowest BCUT2D eigenvalue weighted by atomic mass is 9.62. The minimum atomic E-state index is -1.24. The van der Waals surface area contributed by atoms with Crippen LogP contribution in [0.25, 0.3) is 0 Å². The molecule has 0 aliphatic carbocycles. The van der Waals surface area contributed by atoms with Crippen LogP contribution in [-0.4, -0.2) is 52.9 Å². The second-order valence-electron chi connectivity index (χ2n) is 14.2. The van der Waals surface area contributed by atoms with Crippen molar-refractivity contribution < 1.29 is 14.7 Å². The summed E-state index contributed by atoms with van der Waals surface area (Å²) in [5.74, 6) is -1.03. The highest BCUT2D eigenvalue weighted by Crippen LogP contribution is 2.62. The number of likely N-dealkylation sites (tertiary alicyclic amines) is 1. The maximum atomic E-state index is 15.0. The van der Waals surface area contributed by atoms with Crippen molar-refractivity contribution in [1.29, 1.82) is 0 Å². The summed E-state index contributed by atoms with van der Waals surface area (Å²) in [4.78, 5) is 33.6. The fourth-order valence-electron chi connectivity index (χ4n) is 7.92. The van der Waals surface area contributed by atoms with Crippen LogP contribution in [0, 0.1) is 5.41 Å². The Morgan fingerprint density at radius 1 is 0.894 bits per heavy atom. The van der Waals surface area contributed by atoms with Crippen molar-refractivity contribution in [2.45, 2.75) is 62.8 Å². The summed E-state index contributed by atoms with van der Waals surface area (Å²) in [6.45, 7) is 6.44. The molecule has 0 unspecified atom stereocenters. The van der Waals surface area contributed by atoms with Crippen LogP contribution in [0.4, 0.5) is 5.69 Å². The lowest BCUT2D eigenvalue weighted by Gasteiger charge is -2.44. The Labute approximate surface area is 287 Å². The van der Waals surface area contributed by atoms with E-state index in [4.69, 9.17) is 23.2 Å². The van der Waals surface area contributed by atoms with Gasteiger partial charge in [-0.15, -0.1) is 0 Å². The Balaban J connectivity index is 1.74. The molecular weight excluding hydrogens is 629 g/mol. The van der Waals surface area contributed by atoms with Gasteiger partial charge in [-0.1, -0.05) is 123 Å². The second-order valence-corrected chi connectivity index (χ2v) is 15.0. The Kier molecular flexibility index (Phi) is 9.00. The molecule has 2 amide bonds. The number of likely N-dealkylation sites (N-methyl/N-ethyl adjacent to an activating group) is 1. The number of halogens is 2. The molecule has 4 aromatic carbocycles. The minimum Gasteiger partial charge on any atom is -0.386 e. The number of nitrogens with one attached hydrogen (secondary N) is 1. The maximum Gasteiger partial charge on any atom is 0.240 e. The maximum absolute atomic E-state index is 15.0. The first-order valence-electron chi connectivity index (χ1n) is 16.0. The van der Waals surface area contributed by atoms with Gasteiger partial charge in [0.15, 0.2) is 0 Å². The van der Waals surface area contributed by atoms with Crippen LogP contribution < -0.4 is 5.32 Å². The zero-order chi connectivity index (χ0) is 33.7. The van der Waals surface area contributed by atoms with Gasteiger partial charge in [0.2, 0.25) is 11.8 Å². The van der Waals surface area contributed by atoms with E-state index in [1.165, 1.54) is 0 Å². The molecule has 2 N–H and O–H groups in total. The molecule has 1 spiro atoms. The average molecular weight is 671 g/mol. The summed E-state index contributed by atoms with van der Waals surface area (Å²) in [5, 5.41) is 16.7. The summed E-state index contributed by atoms with van der Waals surface area (Å²) < 4.78 is 0. The minimum absolute atomic E-state index is 0.165. The van der Waals surface area contributed by atoms with Gasteiger partial charge in [-0.3, -0.25) is 14.5 Å². The first-order valence-corrected chi connectivity index (χ1v) is 16.7. The molecule has 4 aromatic rings. The van der Waals surface area contributed by atoms with Crippen molar-refractivity contribution in [3.05, 3.63) is 135 Å². The van der Waals surface area contributed by atoms with E-state index < -0.39 is 35.6 Å². The molecule has 6 rings (SSSR count). The van der Waals surface area contributed by atoms with Crippen LogP contribution >= 0.6 is 23.2 Å². The van der Waals surface area contributed by atoms with Gasteiger partial charge in [-0.2, -0.15) is 0 Å². The fraction of sp³-hybridized carbons (Fsp3) is 0.333. The Morgan fingerprint density at radius 3 is 2.11 bits per heavy atom. The van der Waals surface area contributed by atoms with Gasteiger partial charge in [-0.05, 0) is 58.4 Å². The number of hydrogen-bond donors (Lipinski definition) is 2. The van der Waals surface area contributed by atoms with Gasteiger partial charge in [0.25, 0.3) is 0 Å². The number of fused-ring (bicyclic) bond motifs is 2. The van der Waals surface area contributed by atoms with Gasteiger partial charge >= 0.3 is 0 Å². The highest BCUT2D eigenvalue weighted by Gasteiger charge is 2.70. The van der Waals surface area contributed by atoms with Crippen LogP contribution in [0.1, 0.15) is 67.5 Å². The zero-order valence-corrected chi connectivity index (χ0v) is 28.8. The quantitative estimate of drug-likeness (QED) is 0.209. The van der Waals surface area contributed by atoms with E-state index in [1.807, 2.05) is 91.0 Å². The number of hydrogen-bond acceptors (Lipinski definition) is 4. The van der Waals surface area contributed by atoms with Crippen LogP contribution in [0.5, 0.6) is 0 Å². The number of benzene rings is 4. The van der Waals surface area contributed by atoms with Gasteiger partial charge in [-0.25, -0.2) is 0 Å². The molecule has 0 bridgehead atoms. The molecule has 47 heavy (non-hydrogen) atoms. The largest absolute Gasteiger partial charge is 0.386 e. The summed E-state index contributed by atoms with van der Waals surface area (Å²) >= 11 is 13.2. The lowest BCUT2D eigenvalue weighted by Crippen LogP contribution is -2.53. The first-order chi connectivity index (χ1) is 22.3. The Morgan fingerprint density at radius 2 is 1.51 bits per heavy atom. The van der Waals surface area contributed by atoms with Crippen molar-refractivity contribution in [2.24, 2.45) is 5.41 Å². The van der Waals surface area contributed by atoms with Crippen LogP contribution in [0.15, 0.2) is 103 Å². The zero-order valence-electron chi connectivity index (χ0n) is 27.3. The standard InChI is InChI=1S/C39H41Cl2N3O3/c1-38(2,3)23-31-39(29-20-19-28(41)22-30(29)42-37(39)47)32(26-17-12-18-27(40)21-26)34(36(46)43(4)5)44(31)33(24-13-8-6-9-14-24)35(45)25-15-10-7-11-16-25/h6-22,31-35,45H,23H2,1-5H3,(H,42,47)/t31-,32+,33+,34-,35-,39+/m1/s1. The van der Waals surface area contributed by atoms with Gasteiger partial charge in [0.1, 0.15) is 5.41 Å². The predicted molar refractivity (Wildman–Crippen MR) is 189 cm³/mol. The molecule has 6 atom stereocenters. The van der Waals surface area contributed by atoms with Gasteiger partial charge < -0.3 is 15.3 Å². The molecule has 2 aliphatic heterocycles. The Bertz CT molecular complexity index is 1780. The molecule has 0 aromatic heterocycles. The number of aliphatic hydroxyl groups excluding tert-OH is 1. The molecule has 2 aliphatic rings. The molecule has 244 valence electrons. The monoisotopic (exact) mass is 669 g/mol. The Hall–Kier alpha value is -3.68. The van der Waals surface area contributed by atoms with E-state index >= 15 is 4.79 Å². The van der Waals surface area contributed by atoms with E-state index in [2.05, 4.69) is 31.0 Å². The molecule has 2 heterocycles. The normalized spacial score (nSPS) is 23.7. The number of nitrogens with zero attached hydrogens (tertiary/aromatic N) is 2. The lowest BCUT2D eigenvalue weighted by molar-refractivity contribution is -0.137. The number of anilines is 1. The SMILES string of the molecule is CN(C)C(=O)[C@H]1[C@H](c2cccc(Cl)c2)[C@@]2(C(=O)Nc3cc(Cl)ccc32)[C@@H](CC(C)(C)C)N1[C@@H](c1ccccc1)[C@H](O)c1ccccc1. The highest BCUT2D eigenvalue weighted by molar-refractivity contribution is 6.31. The highest BCUT2D eigenvalue weighted by atomic mass is 35.5. The first kappa shape index (κ1) is 33.2. The third-order valence-corrected chi connectivity index (χ3v) is 10.1. The van der Waals surface area contributed by atoms with Crippen molar-refractivity contribution in [2.75, 3.05) is 19.4 Å². The predicted octanol–water partition coefficient (Wildman–Crippen LogP) is 8.02. The molecule has 1 fully saturated rings. The second kappa shape index (κ2) is 12.7. The molecule has 8 heteroatoms. The summed E-state index contributed by atoms with van der Waals surface area (Å²) in [5.41, 5.74) is 2.23. The number of rotatable bonds is 7.